The Bertz CT molecular complexity index is 282. The van der Waals surface area contributed by atoms with E-state index >= 15 is 0 Å². The minimum Gasteiger partial charge on any atom is -0.355 e. The molecule has 0 aliphatic carbocycles. The monoisotopic (exact) mass is 208 g/mol. The summed E-state index contributed by atoms with van der Waals surface area (Å²) in [5, 5.41) is 0. The summed E-state index contributed by atoms with van der Waals surface area (Å²) < 4.78 is 0. The van der Waals surface area contributed by atoms with Crippen molar-refractivity contribution in [1.29, 1.82) is 0 Å². The molecule has 1 aromatic heterocycles. The van der Waals surface area contributed by atoms with Gasteiger partial charge in [0.25, 0.3) is 0 Å². The number of hydrogen-bond donors (Lipinski definition) is 1. The van der Waals surface area contributed by atoms with Crippen LogP contribution in [0.4, 0.5) is 5.82 Å². The molecule has 1 heterocycles. The Morgan fingerprint density at radius 1 is 1.13 bits per heavy atom. The first-order valence-corrected chi connectivity index (χ1v) is 5.58. The van der Waals surface area contributed by atoms with Gasteiger partial charge in [0, 0.05) is 32.0 Å². The van der Waals surface area contributed by atoms with Crippen LogP contribution >= 0.6 is 0 Å². The summed E-state index contributed by atoms with van der Waals surface area (Å²) >= 11 is 0. The zero-order chi connectivity index (χ0) is 11.1. The lowest BCUT2D eigenvalue weighted by Gasteiger charge is -2.23. The van der Waals surface area contributed by atoms with Gasteiger partial charge in [-0.05, 0) is 12.8 Å². The van der Waals surface area contributed by atoms with Crippen molar-refractivity contribution in [2.24, 2.45) is 5.73 Å². The van der Waals surface area contributed by atoms with Crippen LogP contribution in [0.15, 0.2) is 12.4 Å². The Balaban J connectivity index is 2.88. The normalized spacial score (nSPS) is 10.3. The number of rotatable bonds is 6. The maximum Gasteiger partial charge on any atom is 0.151 e. The molecule has 1 aromatic rings. The van der Waals surface area contributed by atoms with Crippen LogP contribution in [0, 0.1) is 0 Å². The van der Waals surface area contributed by atoms with Crippen LogP contribution in [0.1, 0.15) is 32.4 Å². The van der Waals surface area contributed by atoms with Gasteiger partial charge in [0.2, 0.25) is 0 Å². The zero-order valence-electron chi connectivity index (χ0n) is 9.61. The van der Waals surface area contributed by atoms with Gasteiger partial charge in [0.15, 0.2) is 5.82 Å². The molecule has 0 fully saturated rings. The van der Waals surface area contributed by atoms with Gasteiger partial charge in [-0.25, -0.2) is 4.98 Å². The van der Waals surface area contributed by atoms with E-state index in [-0.39, 0.29) is 0 Å². The van der Waals surface area contributed by atoms with Crippen LogP contribution in [-0.4, -0.2) is 23.1 Å². The lowest BCUT2D eigenvalue weighted by atomic mass is 10.3. The van der Waals surface area contributed by atoms with Gasteiger partial charge in [0.1, 0.15) is 0 Å². The van der Waals surface area contributed by atoms with Crippen molar-refractivity contribution in [2.45, 2.75) is 33.2 Å². The molecule has 84 valence electrons. The summed E-state index contributed by atoms with van der Waals surface area (Å²) in [5.74, 6) is 0.948. The molecular formula is C11H20N4. The average Bonchev–Trinajstić information content (AvgIpc) is 2.29. The van der Waals surface area contributed by atoms with Crippen LogP contribution in [0.5, 0.6) is 0 Å². The van der Waals surface area contributed by atoms with E-state index in [0.717, 1.165) is 37.4 Å². The second-order valence-corrected chi connectivity index (χ2v) is 3.52. The quantitative estimate of drug-likeness (QED) is 0.771. The van der Waals surface area contributed by atoms with Crippen molar-refractivity contribution in [3.05, 3.63) is 18.1 Å². The summed E-state index contributed by atoms with van der Waals surface area (Å²) in [7, 11) is 0. The number of nitrogens with two attached hydrogens (primary N) is 1. The molecule has 15 heavy (non-hydrogen) atoms. The lowest BCUT2D eigenvalue weighted by Crippen LogP contribution is -2.27. The smallest absolute Gasteiger partial charge is 0.151 e. The van der Waals surface area contributed by atoms with E-state index in [9.17, 15) is 0 Å². The summed E-state index contributed by atoms with van der Waals surface area (Å²) in [6.07, 6.45) is 5.65. The van der Waals surface area contributed by atoms with Crippen LogP contribution in [0.25, 0.3) is 0 Å². The first-order valence-electron chi connectivity index (χ1n) is 5.58. The fourth-order valence-electron chi connectivity index (χ4n) is 1.63. The highest BCUT2D eigenvalue weighted by Crippen LogP contribution is 2.14. The third-order valence-electron chi connectivity index (χ3n) is 2.23. The first kappa shape index (κ1) is 11.9. The Kier molecular flexibility index (Phi) is 5.04. The highest BCUT2D eigenvalue weighted by molar-refractivity contribution is 5.42. The molecule has 1 rings (SSSR count). The van der Waals surface area contributed by atoms with Crippen molar-refractivity contribution in [2.75, 3.05) is 18.0 Å². The fraction of sp³-hybridized carbons (Fsp3) is 0.636. The predicted molar refractivity (Wildman–Crippen MR) is 62.7 cm³/mol. The Labute approximate surface area is 91.5 Å². The molecule has 0 spiro atoms. The molecule has 2 N–H and O–H groups in total. The summed E-state index contributed by atoms with van der Waals surface area (Å²) in [6, 6.07) is 0. The summed E-state index contributed by atoms with van der Waals surface area (Å²) in [4.78, 5) is 10.9. The highest BCUT2D eigenvalue weighted by Gasteiger charge is 2.10. The Morgan fingerprint density at radius 2 is 1.73 bits per heavy atom. The molecule has 4 nitrogen and oxygen atoms in total. The van der Waals surface area contributed by atoms with E-state index in [1.165, 1.54) is 0 Å². The fourth-order valence-corrected chi connectivity index (χ4v) is 1.63. The van der Waals surface area contributed by atoms with Gasteiger partial charge in [-0.3, -0.25) is 4.98 Å². The number of anilines is 1. The molecule has 0 aliphatic heterocycles. The molecular weight excluding hydrogens is 188 g/mol. The molecule has 0 radical (unpaired) electrons. The zero-order valence-corrected chi connectivity index (χ0v) is 9.61. The molecule has 0 unspecified atom stereocenters. The maximum atomic E-state index is 5.65. The van der Waals surface area contributed by atoms with E-state index in [0.29, 0.717) is 6.54 Å². The molecule has 0 saturated heterocycles. The van der Waals surface area contributed by atoms with Crippen molar-refractivity contribution >= 4 is 5.82 Å². The molecule has 0 atom stereocenters. The standard InChI is InChI=1S/C11H20N4/c1-3-7-15(8-4-2)11-10(9-12)13-5-6-14-11/h5-6H,3-4,7-9,12H2,1-2H3. The summed E-state index contributed by atoms with van der Waals surface area (Å²) in [6.45, 7) is 6.81. The molecule has 0 bridgehead atoms. The minimum absolute atomic E-state index is 0.451. The summed E-state index contributed by atoms with van der Waals surface area (Å²) in [5.41, 5.74) is 6.54. The highest BCUT2D eigenvalue weighted by atomic mass is 15.2. The van der Waals surface area contributed by atoms with Gasteiger partial charge in [-0.15, -0.1) is 0 Å². The third-order valence-corrected chi connectivity index (χ3v) is 2.23. The van der Waals surface area contributed by atoms with Crippen molar-refractivity contribution in [1.82, 2.24) is 9.97 Å². The van der Waals surface area contributed by atoms with Gasteiger partial charge >= 0.3 is 0 Å². The topological polar surface area (TPSA) is 55.0 Å². The SMILES string of the molecule is CCCN(CCC)c1nccnc1CN. The van der Waals surface area contributed by atoms with Crippen molar-refractivity contribution < 1.29 is 0 Å². The van der Waals surface area contributed by atoms with Crippen molar-refractivity contribution in [3.63, 3.8) is 0 Å². The largest absolute Gasteiger partial charge is 0.355 e. The lowest BCUT2D eigenvalue weighted by molar-refractivity contribution is 0.723. The van der Waals surface area contributed by atoms with E-state index in [1.54, 1.807) is 12.4 Å². The van der Waals surface area contributed by atoms with E-state index in [1.807, 2.05) is 0 Å². The Hall–Kier alpha value is -1.16. The maximum absolute atomic E-state index is 5.65. The minimum atomic E-state index is 0.451. The van der Waals surface area contributed by atoms with E-state index < -0.39 is 0 Å². The van der Waals surface area contributed by atoms with Gasteiger partial charge < -0.3 is 10.6 Å². The van der Waals surface area contributed by atoms with Gasteiger partial charge in [-0.1, -0.05) is 13.8 Å². The molecule has 0 aromatic carbocycles. The molecule has 0 aliphatic rings. The predicted octanol–water partition coefficient (Wildman–Crippen LogP) is 1.56. The number of hydrogen-bond acceptors (Lipinski definition) is 4. The third kappa shape index (κ3) is 3.16. The van der Waals surface area contributed by atoms with Gasteiger partial charge in [-0.2, -0.15) is 0 Å². The van der Waals surface area contributed by atoms with Crippen LogP contribution in [0.2, 0.25) is 0 Å². The molecule has 0 saturated carbocycles. The van der Waals surface area contributed by atoms with Crippen LogP contribution < -0.4 is 10.6 Å². The molecule has 0 amide bonds. The second kappa shape index (κ2) is 6.35. The number of aromatic nitrogens is 2. The van der Waals surface area contributed by atoms with E-state index in [2.05, 4.69) is 28.7 Å². The first-order chi connectivity index (χ1) is 7.33. The van der Waals surface area contributed by atoms with Crippen LogP contribution in [-0.2, 0) is 6.54 Å². The van der Waals surface area contributed by atoms with Gasteiger partial charge in [0.05, 0.1) is 5.69 Å². The second-order valence-electron chi connectivity index (χ2n) is 3.52. The molecule has 4 heteroatoms. The Morgan fingerprint density at radius 3 is 2.27 bits per heavy atom. The number of nitrogens with zero attached hydrogens (tertiary/aromatic N) is 3. The average molecular weight is 208 g/mol. The van der Waals surface area contributed by atoms with Crippen molar-refractivity contribution in [3.8, 4) is 0 Å². The van der Waals surface area contributed by atoms with E-state index in [4.69, 9.17) is 5.73 Å². The van der Waals surface area contributed by atoms with Crippen LogP contribution in [0.3, 0.4) is 0 Å².